The zero-order valence-electron chi connectivity index (χ0n) is 8.86. The molecule has 18 heavy (non-hydrogen) atoms. The molecule has 0 atom stereocenters. The van der Waals surface area contributed by atoms with Gasteiger partial charge in [0.15, 0.2) is 17.5 Å². The number of aromatic hydroxyl groups is 2. The second-order valence-electron chi connectivity index (χ2n) is 3.55. The summed E-state index contributed by atoms with van der Waals surface area (Å²) in [7, 11) is 0. The van der Waals surface area contributed by atoms with E-state index < -0.39 is 29.2 Å². The van der Waals surface area contributed by atoms with Gasteiger partial charge in [-0.3, -0.25) is 0 Å². The predicted octanol–water partition coefficient (Wildman–Crippen LogP) is 1.90. The van der Waals surface area contributed by atoms with Crippen LogP contribution in [-0.2, 0) is 6.42 Å². The Balaban J connectivity index is 2.41. The smallest absolute Gasteiger partial charge is 0.221 e. The molecule has 0 radical (unpaired) electrons. The molecule has 2 aromatic rings. The van der Waals surface area contributed by atoms with Crippen molar-refractivity contribution in [2.24, 2.45) is 0 Å². The van der Waals surface area contributed by atoms with Gasteiger partial charge in [-0.15, -0.1) is 0 Å². The quantitative estimate of drug-likeness (QED) is 0.805. The standard InChI is InChI=1S/C11H7F3N2O2/c12-7-2-5(3-8(13)9(7)14)1-6-10(17)15-4-16-11(6)18/h2-4H,1H2,(H2,15,16,17,18). The molecule has 0 saturated heterocycles. The molecule has 0 aliphatic carbocycles. The molecule has 94 valence electrons. The molecule has 4 nitrogen and oxygen atoms in total. The van der Waals surface area contributed by atoms with E-state index in [0.29, 0.717) is 0 Å². The Bertz CT molecular complexity index is 562. The molecule has 1 heterocycles. The van der Waals surface area contributed by atoms with Crippen LogP contribution in [-0.4, -0.2) is 20.2 Å². The summed E-state index contributed by atoms with van der Waals surface area (Å²) in [6.07, 6.45) is 0.701. The highest BCUT2D eigenvalue weighted by Gasteiger charge is 2.15. The van der Waals surface area contributed by atoms with Gasteiger partial charge in [0.1, 0.15) is 6.33 Å². The number of nitrogens with zero attached hydrogens (tertiary/aromatic N) is 2. The number of benzene rings is 1. The monoisotopic (exact) mass is 256 g/mol. The van der Waals surface area contributed by atoms with Gasteiger partial charge in [0.05, 0.1) is 5.56 Å². The molecule has 0 fully saturated rings. The summed E-state index contributed by atoms with van der Waals surface area (Å²) in [4.78, 5) is 6.84. The molecule has 2 N–H and O–H groups in total. The van der Waals surface area contributed by atoms with Crippen LogP contribution in [0, 0.1) is 17.5 Å². The van der Waals surface area contributed by atoms with Crippen molar-refractivity contribution in [1.82, 2.24) is 9.97 Å². The van der Waals surface area contributed by atoms with Gasteiger partial charge >= 0.3 is 0 Å². The average molecular weight is 256 g/mol. The lowest BCUT2D eigenvalue weighted by atomic mass is 10.1. The van der Waals surface area contributed by atoms with E-state index in [1.165, 1.54) is 0 Å². The summed E-state index contributed by atoms with van der Waals surface area (Å²) in [5, 5.41) is 18.7. The normalized spacial score (nSPS) is 10.6. The third kappa shape index (κ3) is 2.20. The largest absolute Gasteiger partial charge is 0.493 e. The summed E-state index contributed by atoms with van der Waals surface area (Å²) in [6, 6.07) is 1.54. The van der Waals surface area contributed by atoms with E-state index in [1.54, 1.807) is 0 Å². The van der Waals surface area contributed by atoms with Gasteiger partial charge in [-0.05, 0) is 17.7 Å². The minimum atomic E-state index is -1.57. The highest BCUT2D eigenvalue weighted by Crippen LogP contribution is 2.25. The molecule has 0 spiro atoms. The van der Waals surface area contributed by atoms with Crippen molar-refractivity contribution >= 4 is 0 Å². The Morgan fingerprint density at radius 3 is 1.94 bits per heavy atom. The first-order chi connectivity index (χ1) is 8.49. The molecule has 0 unspecified atom stereocenters. The summed E-state index contributed by atoms with van der Waals surface area (Å²) >= 11 is 0. The van der Waals surface area contributed by atoms with E-state index in [4.69, 9.17) is 0 Å². The summed E-state index contributed by atoms with van der Waals surface area (Å²) in [5.41, 5.74) is -0.0605. The van der Waals surface area contributed by atoms with Gasteiger partial charge in [-0.1, -0.05) is 0 Å². The van der Waals surface area contributed by atoms with Crippen LogP contribution in [0.5, 0.6) is 11.8 Å². The van der Waals surface area contributed by atoms with Gasteiger partial charge in [-0.25, -0.2) is 23.1 Å². The first kappa shape index (κ1) is 12.2. The number of halogens is 3. The van der Waals surface area contributed by atoms with Crippen molar-refractivity contribution in [1.29, 1.82) is 0 Å². The summed E-state index contributed by atoms with van der Waals surface area (Å²) in [5.74, 6) is -5.28. The second-order valence-corrected chi connectivity index (χ2v) is 3.55. The van der Waals surface area contributed by atoms with Crippen LogP contribution in [0.4, 0.5) is 13.2 Å². The Morgan fingerprint density at radius 1 is 0.944 bits per heavy atom. The topological polar surface area (TPSA) is 66.2 Å². The van der Waals surface area contributed by atoms with Crippen molar-refractivity contribution in [3.05, 3.63) is 47.0 Å². The SMILES string of the molecule is Oc1ncnc(O)c1Cc1cc(F)c(F)c(F)c1. The van der Waals surface area contributed by atoms with Crippen LogP contribution in [0.15, 0.2) is 18.5 Å². The second kappa shape index (κ2) is 4.52. The molecule has 0 saturated carbocycles. The van der Waals surface area contributed by atoms with E-state index in [2.05, 4.69) is 9.97 Å². The molecule has 0 amide bonds. The van der Waals surface area contributed by atoms with E-state index >= 15 is 0 Å². The lowest BCUT2D eigenvalue weighted by molar-refractivity contribution is 0.410. The Hall–Kier alpha value is -2.31. The fourth-order valence-electron chi connectivity index (χ4n) is 1.47. The summed E-state index contributed by atoms with van der Waals surface area (Å²) < 4.78 is 38.7. The first-order valence-electron chi connectivity index (χ1n) is 4.84. The number of hydrogen-bond donors (Lipinski definition) is 2. The van der Waals surface area contributed by atoms with E-state index in [9.17, 15) is 23.4 Å². The lowest BCUT2D eigenvalue weighted by Crippen LogP contribution is -1.98. The third-order valence-electron chi connectivity index (χ3n) is 2.32. The van der Waals surface area contributed by atoms with Crippen molar-refractivity contribution in [3.8, 4) is 11.8 Å². The van der Waals surface area contributed by atoms with Gasteiger partial charge in [-0.2, -0.15) is 0 Å². The van der Waals surface area contributed by atoms with Crippen LogP contribution < -0.4 is 0 Å². The van der Waals surface area contributed by atoms with Crippen LogP contribution in [0.2, 0.25) is 0 Å². The molecule has 0 bridgehead atoms. The fraction of sp³-hybridized carbons (Fsp3) is 0.0909. The van der Waals surface area contributed by atoms with Crippen LogP contribution in [0.25, 0.3) is 0 Å². The molecular weight excluding hydrogens is 249 g/mol. The zero-order chi connectivity index (χ0) is 13.3. The zero-order valence-corrected chi connectivity index (χ0v) is 8.86. The molecule has 0 aliphatic heterocycles. The van der Waals surface area contributed by atoms with Crippen molar-refractivity contribution in [3.63, 3.8) is 0 Å². The third-order valence-corrected chi connectivity index (χ3v) is 2.32. The van der Waals surface area contributed by atoms with Gasteiger partial charge in [0.25, 0.3) is 0 Å². The minimum absolute atomic E-state index is 0.0341. The van der Waals surface area contributed by atoms with E-state index in [1.807, 2.05) is 0 Å². The highest BCUT2D eigenvalue weighted by atomic mass is 19.2. The molecule has 0 aliphatic rings. The van der Waals surface area contributed by atoms with Crippen LogP contribution >= 0.6 is 0 Å². The fourth-order valence-corrected chi connectivity index (χ4v) is 1.47. The van der Waals surface area contributed by atoms with Gasteiger partial charge < -0.3 is 10.2 Å². The number of aromatic nitrogens is 2. The average Bonchev–Trinajstić information content (AvgIpc) is 2.31. The number of rotatable bonds is 2. The molecule has 1 aromatic heterocycles. The maximum Gasteiger partial charge on any atom is 0.221 e. The lowest BCUT2D eigenvalue weighted by Gasteiger charge is -2.06. The van der Waals surface area contributed by atoms with Crippen molar-refractivity contribution in [2.45, 2.75) is 6.42 Å². The predicted molar refractivity (Wildman–Crippen MR) is 54.5 cm³/mol. The molecule has 2 rings (SSSR count). The highest BCUT2D eigenvalue weighted by molar-refractivity contribution is 5.37. The Morgan fingerprint density at radius 2 is 1.44 bits per heavy atom. The summed E-state index contributed by atoms with van der Waals surface area (Å²) in [6.45, 7) is 0. The number of hydrogen-bond acceptors (Lipinski definition) is 4. The molecular formula is C11H7F3N2O2. The van der Waals surface area contributed by atoms with Crippen molar-refractivity contribution < 1.29 is 23.4 Å². The van der Waals surface area contributed by atoms with Gasteiger partial charge in [0.2, 0.25) is 11.8 Å². The Kier molecular flexibility index (Phi) is 3.05. The van der Waals surface area contributed by atoms with E-state index in [-0.39, 0.29) is 17.5 Å². The van der Waals surface area contributed by atoms with Crippen LogP contribution in [0.3, 0.4) is 0 Å². The molecule has 1 aromatic carbocycles. The van der Waals surface area contributed by atoms with Crippen molar-refractivity contribution in [2.75, 3.05) is 0 Å². The maximum atomic E-state index is 13.0. The van der Waals surface area contributed by atoms with E-state index in [0.717, 1.165) is 18.5 Å². The van der Waals surface area contributed by atoms with Gasteiger partial charge in [0, 0.05) is 6.42 Å². The maximum absolute atomic E-state index is 13.0. The Labute approximate surface area is 99.4 Å². The first-order valence-corrected chi connectivity index (χ1v) is 4.84. The minimum Gasteiger partial charge on any atom is -0.493 e. The molecule has 7 heteroatoms. The van der Waals surface area contributed by atoms with Crippen LogP contribution in [0.1, 0.15) is 11.1 Å².